The van der Waals surface area contributed by atoms with Crippen molar-refractivity contribution >= 4 is 36.4 Å². The molecule has 0 saturated heterocycles. The van der Waals surface area contributed by atoms with Crippen LogP contribution < -0.4 is 4.74 Å². The van der Waals surface area contributed by atoms with E-state index in [-0.39, 0.29) is 0 Å². The van der Waals surface area contributed by atoms with Gasteiger partial charge in [-0.3, -0.25) is 9.48 Å². The molecule has 0 fully saturated rings. The van der Waals surface area contributed by atoms with E-state index in [2.05, 4.69) is 29.7 Å². The Morgan fingerprint density at radius 2 is 2.03 bits per heavy atom. The number of fused-ring (bicyclic) bond motifs is 2. The van der Waals surface area contributed by atoms with E-state index in [1.165, 1.54) is 0 Å². The van der Waals surface area contributed by atoms with Gasteiger partial charge in [-0.2, -0.15) is 5.10 Å². The molecule has 9 heteroatoms. The van der Waals surface area contributed by atoms with Gasteiger partial charge in [0.1, 0.15) is 29.4 Å². The summed E-state index contributed by atoms with van der Waals surface area (Å²) in [7, 11) is 2.36. The summed E-state index contributed by atoms with van der Waals surface area (Å²) in [5, 5.41) is 5.54. The quantitative estimate of drug-likeness (QED) is 0.234. The molecule has 3 heterocycles. The van der Waals surface area contributed by atoms with Gasteiger partial charge in [0, 0.05) is 33.3 Å². The summed E-state index contributed by atoms with van der Waals surface area (Å²) >= 11 is 0. The molecule has 8 nitrogen and oxygen atoms in total. The first-order chi connectivity index (χ1) is 14.8. The van der Waals surface area contributed by atoms with Crippen molar-refractivity contribution < 1.29 is 14.3 Å². The van der Waals surface area contributed by atoms with Gasteiger partial charge in [0.05, 0.1) is 24.4 Å². The lowest BCUT2D eigenvalue weighted by atomic mass is 10.1. The van der Waals surface area contributed by atoms with E-state index in [4.69, 9.17) is 14.5 Å². The van der Waals surface area contributed by atoms with Crippen molar-refractivity contribution in [3.8, 4) is 17.1 Å². The molecule has 3 aromatic heterocycles. The lowest BCUT2D eigenvalue weighted by Crippen LogP contribution is -2.22. The maximum Gasteiger partial charge on any atom is 0.161 e. The number of aryl methyl sites for hydroxylation is 1. The summed E-state index contributed by atoms with van der Waals surface area (Å²) in [4.78, 5) is 21.0. The molecule has 0 unspecified atom stereocenters. The van der Waals surface area contributed by atoms with Gasteiger partial charge in [0.15, 0.2) is 11.9 Å². The van der Waals surface area contributed by atoms with Crippen molar-refractivity contribution in [1.29, 1.82) is 0 Å². The molecular formula is C22H27N5O3Si. The number of ether oxygens (including phenoxy) is 2. The van der Waals surface area contributed by atoms with Gasteiger partial charge in [-0.05, 0) is 24.2 Å². The average molecular weight is 438 g/mol. The van der Waals surface area contributed by atoms with Crippen LogP contribution in [0.1, 0.15) is 10.4 Å². The molecule has 0 aliphatic heterocycles. The minimum absolute atomic E-state index is 0.340. The van der Waals surface area contributed by atoms with Crippen LogP contribution in [0, 0.1) is 0 Å². The van der Waals surface area contributed by atoms with Crippen molar-refractivity contribution in [3.63, 3.8) is 0 Å². The first-order valence-electron chi connectivity index (χ1n) is 10.2. The SMILES string of the molecule is COc1ccc2c(c1)c(-c1cnc3c(n1)c(C=O)cn3COCC[Si](C)(C)C)nn2C. The topological polar surface area (TPSA) is 84.1 Å². The second-order valence-corrected chi connectivity index (χ2v) is 14.4. The van der Waals surface area contributed by atoms with Crippen molar-refractivity contribution in [2.24, 2.45) is 7.05 Å². The average Bonchev–Trinajstić information content (AvgIpc) is 3.27. The molecule has 0 aliphatic carbocycles. The number of hydrogen-bond acceptors (Lipinski definition) is 6. The largest absolute Gasteiger partial charge is 0.497 e. The number of aldehydes is 1. The standard InChI is InChI=1S/C22H27N5O3Si/c1-26-19-7-6-16(29-2)10-17(19)21(25-26)18-11-23-22-20(24-18)15(13-28)12-27(22)14-30-8-9-31(3,4)5/h6-7,10-13H,8-9,14H2,1-5H3. The van der Waals surface area contributed by atoms with Crippen molar-refractivity contribution in [1.82, 2.24) is 24.3 Å². The highest BCUT2D eigenvalue weighted by molar-refractivity contribution is 6.76. The van der Waals surface area contributed by atoms with Crippen LogP contribution in [0.15, 0.2) is 30.6 Å². The van der Waals surface area contributed by atoms with Crippen molar-refractivity contribution in [2.75, 3.05) is 13.7 Å². The highest BCUT2D eigenvalue weighted by Gasteiger charge is 2.18. The first-order valence-corrected chi connectivity index (χ1v) is 13.9. The van der Waals surface area contributed by atoms with Crippen LogP contribution in [0.3, 0.4) is 0 Å². The van der Waals surface area contributed by atoms with Gasteiger partial charge in [-0.15, -0.1) is 0 Å². The number of nitrogens with zero attached hydrogens (tertiary/aromatic N) is 5. The lowest BCUT2D eigenvalue weighted by Gasteiger charge is -2.15. The number of carbonyl (C=O) groups is 1. The summed E-state index contributed by atoms with van der Waals surface area (Å²) in [5.74, 6) is 0.742. The van der Waals surface area contributed by atoms with Crippen molar-refractivity contribution in [3.05, 3.63) is 36.2 Å². The monoisotopic (exact) mass is 437 g/mol. The highest BCUT2D eigenvalue weighted by Crippen LogP contribution is 2.30. The Kier molecular flexibility index (Phi) is 5.63. The Bertz CT molecular complexity index is 1260. The van der Waals surface area contributed by atoms with Crippen LogP contribution >= 0.6 is 0 Å². The van der Waals surface area contributed by atoms with E-state index in [9.17, 15) is 4.79 Å². The van der Waals surface area contributed by atoms with Gasteiger partial charge in [0.25, 0.3) is 0 Å². The summed E-state index contributed by atoms with van der Waals surface area (Å²) < 4.78 is 14.8. The summed E-state index contributed by atoms with van der Waals surface area (Å²) in [6.45, 7) is 7.98. The zero-order valence-electron chi connectivity index (χ0n) is 18.5. The van der Waals surface area contributed by atoms with Crippen LogP contribution in [0.25, 0.3) is 33.5 Å². The van der Waals surface area contributed by atoms with Crippen LogP contribution in [0.5, 0.6) is 5.75 Å². The van der Waals surface area contributed by atoms with Crippen molar-refractivity contribution in [2.45, 2.75) is 32.4 Å². The Hall–Kier alpha value is -3.04. The molecule has 4 aromatic rings. The number of benzene rings is 1. The van der Waals surface area contributed by atoms with E-state index >= 15 is 0 Å². The molecule has 162 valence electrons. The summed E-state index contributed by atoms with van der Waals surface area (Å²) in [6.07, 6.45) is 4.24. The van der Waals surface area contributed by atoms with E-state index in [1.807, 2.05) is 29.8 Å². The van der Waals surface area contributed by atoms with Gasteiger partial charge < -0.3 is 14.0 Å². The summed E-state index contributed by atoms with van der Waals surface area (Å²) in [6, 6.07) is 6.87. The van der Waals surface area contributed by atoms with Gasteiger partial charge in [-0.1, -0.05) is 19.6 Å². The highest BCUT2D eigenvalue weighted by atomic mass is 28.3. The third-order valence-corrected chi connectivity index (χ3v) is 6.95. The smallest absolute Gasteiger partial charge is 0.161 e. The van der Waals surface area contributed by atoms with Gasteiger partial charge in [0.2, 0.25) is 0 Å². The minimum Gasteiger partial charge on any atom is -0.497 e. The van der Waals surface area contributed by atoms with Crippen LogP contribution in [0.4, 0.5) is 0 Å². The Morgan fingerprint density at radius 1 is 1.23 bits per heavy atom. The van der Waals surface area contributed by atoms with Gasteiger partial charge in [-0.25, -0.2) is 9.97 Å². The Morgan fingerprint density at radius 3 is 2.74 bits per heavy atom. The third kappa shape index (κ3) is 4.24. The molecular weight excluding hydrogens is 410 g/mol. The molecule has 0 N–H and O–H groups in total. The molecule has 4 rings (SSSR count). The van der Waals surface area contributed by atoms with Crippen LogP contribution in [0.2, 0.25) is 25.7 Å². The molecule has 0 atom stereocenters. The Balaban J connectivity index is 1.70. The number of rotatable bonds is 8. The second kappa shape index (κ2) is 8.24. The predicted molar refractivity (Wildman–Crippen MR) is 123 cm³/mol. The fourth-order valence-corrected chi connectivity index (χ4v) is 4.23. The molecule has 0 amide bonds. The van der Waals surface area contributed by atoms with Crippen LogP contribution in [-0.4, -0.2) is 52.4 Å². The summed E-state index contributed by atoms with van der Waals surface area (Å²) in [5.41, 5.74) is 3.91. The maximum absolute atomic E-state index is 11.7. The zero-order valence-corrected chi connectivity index (χ0v) is 19.5. The predicted octanol–water partition coefficient (Wildman–Crippen LogP) is 4.12. The van der Waals surface area contributed by atoms with Crippen LogP contribution in [-0.2, 0) is 18.5 Å². The number of hydrogen-bond donors (Lipinski definition) is 0. The zero-order chi connectivity index (χ0) is 22.2. The molecule has 0 spiro atoms. The van der Waals surface area contributed by atoms with E-state index in [0.29, 0.717) is 41.5 Å². The fourth-order valence-electron chi connectivity index (χ4n) is 3.48. The fraction of sp³-hybridized carbons (Fsp3) is 0.364. The van der Waals surface area contributed by atoms with E-state index in [1.54, 1.807) is 24.2 Å². The normalized spacial score (nSPS) is 12.0. The number of methoxy groups -OCH3 is 1. The van der Waals surface area contributed by atoms with E-state index in [0.717, 1.165) is 29.0 Å². The lowest BCUT2D eigenvalue weighted by molar-refractivity contribution is 0.0897. The number of aromatic nitrogens is 5. The molecule has 0 saturated carbocycles. The maximum atomic E-state index is 11.7. The Labute approximate surface area is 181 Å². The molecule has 0 bridgehead atoms. The molecule has 31 heavy (non-hydrogen) atoms. The third-order valence-electron chi connectivity index (χ3n) is 5.25. The minimum atomic E-state index is -1.16. The first kappa shape index (κ1) is 21.2. The number of carbonyl (C=O) groups excluding carboxylic acids is 1. The molecule has 0 aliphatic rings. The molecule has 1 aromatic carbocycles. The molecule has 0 radical (unpaired) electrons. The second-order valence-electron chi connectivity index (χ2n) is 8.80. The van der Waals surface area contributed by atoms with Gasteiger partial charge >= 0.3 is 0 Å². The van der Waals surface area contributed by atoms with E-state index < -0.39 is 8.07 Å².